The van der Waals surface area contributed by atoms with E-state index >= 15 is 0 Å². The van der Waals surface area contributed by atoms with E-state index in [1.807, 2.05) is 30.3 Å². The van der Waals surface area contributed by atoms with Gasteiger partial charge in [-0.2, -0.15) is 0 Å². The van der Waals surface area contributed by atoms with Crippen molar-refractivity contribution in [2.45, 2.75) is 12.3 Å². The maximum Gasteiger partial charge on any atom is 0.307 e. The lowest BCUT2D eigenvalue weighted by atomic mass is 9.83. The molecule has 0 aliphatic carbocycles. The highest BCUT2D eigenvalue weighted by Gasteiger charge is 2.32. The highest BCUT2D eigenvalue weighted by atomic mass is 16.5. The summed E-state index contributed by atoms with van der Waals surface area (Å²) in [6, 6.07) is 18.3. The first-order valence-corrected chi connectivity index (χ1v) is 7.21. The molecule has 0 spiro atoms. The number of carbonyl (C=O) groups is 1. The molecule has 2 aromatic carbocycles. The fourth-order valence-electron chi connectivity index (χ4n) is 2.92. The van der Waals surface area contributed by atoms with Crippen LogP contribution in [0.1, 0.15) is 17.9 Å². The molecule has 2 aromatic rings. The van der Waals surface area contributed by atoms with Gasteiger partial charge in [-0.3, -0.25) is 4.79 Å². The Kier molecular flexibility index (Phi) is 4.02. The molecule has 21 heavy (non-hydrogen) atoms. The van der Waals surface area contributed by atoms with E-state index in [9.17, 15) is 9.90 Å². The Labute approximate surface area is 124 Å². The minimum atomic E-state index is -0.726. The summed E-state index contributed by atoms with van der Waals surface area (Å²) in [6.07, 6.45) is 0.584. The zero-order valence-corrected chi connectivity index (χ0v) is 11.7. The summed E-state index contributed by atoms with van der Waals surface area (Å²) in [5.41, 5.74) is 3.35. The number of carboxylic acid groups (broad SMARTS) is 1. The van der Waals surface area contributed by atoms with Gasteiger partial charge in [0.2, 0.25) is 0 Å². The van der Waals surface area contributed by atoms with Crippen molar-refractivity contribution >= 4 is 5.97 Å². The smallest absolute Gasteiger partial charge is 0.307 e. The van der Waals surface area contributed by atoms with Gasteiger partial charge in [0.15, 0.2) is 0 Å². The number of benzene rings is 2. The van der Waals surface area contributed by atoms with E-state index in [1.54, 1.807) is 0 Å². The van der Waals surface area contributed by atoms with Crippen molar-refractivity contribution in [2.24, 2.45) is 5.92 Å². The van der Waals surface area contributed by atoms with Gasteiger partial charge in [-0.05, 0) is 23.1 Å². The van der Waals surface area contributed by atoms with Crippen LogP contribution in [0.15, 0.2) is 54.6 Å². The first-order chi connectivity index (χ1) is 10.3. The van der Waals surface area contributed by atoms with Crippen LogP contribution in [0.4, 0.5) is 0 Å². The zero-order valence-electron chi connectivity index (χ0n) is 11.7. The number of carboxylic acids is 1. The van der Waals surface area contributed by atoms with Crippen LogP contribution < -0.4 is 0 Å². The van der Waals surface area contributed by atoms with Crippen LogP contribution in [0.3, 0.4) is 0 Å². The topological polar surface area (TPSA) is 46.5 Å². The zero-order chi connectivity index (χ0) is 14.7. The third kappa shape index (κ3) is 2.98. The molecule has 3 heteroatoms. The third-order valence-corrected chi connectivity index (χ3v) is 4.12. The largest absolute Gasteiger partial charge is 0.481 e. The van der Waals surface area contributed by atoms with Crippen molar-refractivity contribution in [3.8, 4) is 11.1 Å². The molecule has 0 saturated carbocycles. The van der Waals surface area contributed by atoms with Crippen LogP contribution in [0, 0.1) is 5.92 Å². The minimum Gasteiger partial charge on any atom is -0.481 e. The van der Waals surface area contributed by atoms with Gasteiger partial charge in [0.25, 0.3) is 0 Å². The van der Waals surface area contributed by atoms with Crippen LogP contribution in [-0.2, 0) is 9.53 Å². The van der Waals surface area contributed by atoms with Gasteiger partial charge in [-0.15, -0.1) is 0 Å². The molecule has 1 heterocycles. The Hall–Kier alpha value is -2.13. The van der Waals surface area contributed by atoms with Crippen molar-refractivity contribution in [1.29, 1.82) is 0 Å². The fourth-order valence-corrected chi connectivity index (χ4v) is 2.92. The van der Waals surface area contributed by atoms with E-state index in [1.165, 1.54) is 5.56 Å². The van der Waals surface area contributed by atoms with Crippen molar-refractivity contribution in [2.75, 3.05) is 13.2 Å². The second-order valence-electron chi connectivity index (χ2n) is 5.40. The number of hydrogen-bond donors (Lipinski definition) is 1. The van der Waals surface area contributed by atoms with Crippen LogP contribution in [0.2, 0.25) is 0 Å². The highest BCUT2D eigenvalue weighted by Crippen LogP contribution is 2.32. The molecule has 0 radical (unpaired) electrons. The molecule has 3 nitrogen and oxygen atoms in total. The molecule has 0 amide bonds. The molecule has 1 aliphatic heterocycles. The molecule has 2 atom stereocenters. The summed E-state index contributed by atoms with van der Waals surface area (Å²) >= 11 is 0. The summed E-state index contributed by atoms with van der Waals surface area (Å²) < 4.78 is 5.47. The molecule has 3 rings (SSSR count). The minimum absolute atomic E-state index is 0.0546. The molecule has 0 bridgehead atoms. The van der Waals surface area contributed by atoms with Gasteiger partial charge < -0.3 is 9.84 Å². The first-order valence-electron chi connectivity index (χ1n) is 7.21. The van der Waals surface area contributed by atoms with Crippen LogP contribution >= 0.6 is 0 Å². The van der Waals surface area contributed by atoms with Gasteiger partial charge in [-0.1, -0.05) is 54.6 Å². The average Bonchev–Trinajstić information content (AvgIpc) is 2.56. The van der Waals surface area contributed by atoms with Crippen molar-refractivity contribution in [3.05, 3.63) is 60.2 Å². The Morgan fingerprint density at radius 2 is 1.67 bits per heavy atom. The summed E-state index contributed by atoms with van der Waals surface area (Å²) in [4.78, 5) is 11.4. The Balaban J connectivity index is 1.85. The number of hydrogen-bond acceptors (Lipinski definition) is 2. The SMILES string of the molecule is O=C(O)[C@H]1CCOC[C@H]1c1ccc(-c2ccccc2)cc1. The standard InChI is InChI=1S/C18H18O3/c19-18(20)16-10-11-21-12-17(16)15-8-6-14(7-9-15)13-4-2-1-3-5-13/h1-9,16-17H,10-12H2,(H,19,20)/t16-,17-/m0/s1. The van der Waals surface area contributed by atoms with Gasteiger partial charge in [0.1, 0.15) is 0 Å². The number of ether oxygens (including phenoxy) is 1. The fraction of sp³-hybridized carbons (Fsp3) is 0.278. The van der Waals surface area contributed by atoms with E-state index in [0.717, 1.165) is 11.1 Å². The molecule has 1 N–H and O–H groups in total. The molecule has 1 saturated heterocycles. The van der Waals surface area contributed by atoms with Crippen molar-refractivity contribution < 1.29 is 14.6 Å². The summed E-state index contributed by atoms with van der Waals surface area (Å²) in [5, 5.41) is 9.35. The lowest BCUT2D eigenvalue weighted by molar-refractivity contribution is -0.146. The van der Waals surface area contributed by atoms with Crippen LogP contribution in [-0.4, -0.2) is 24.3 Å². The van der Waals surface area contributed by atoms with E-state index in [0.29, 0.717) is 19.6 Å². The van der Waals surface area contributed by atoms with E-state index in [2.05, 4.69) is 24.3 Å². The second-order valence-corrected chi connectivity index (χ2v) is 5.40. The first kappa shape index (κ1) is 13.8. The van der Waals surface area contributed by atoms with Gasteiger partial charge in [0.05, 0.1) is 12.5 Å². The Morgan fingerprint density at radius 3 is 2.33 bits per heavy atom. The summed E-state index contributed by atoms with van der Waals surface area (Å²) in [6.45, 7) is 1.03. The van der Waals surface area contributed by atoms with E-state index < -0.39 is 5.97 Å². The molecule has 0 aromatic heterocycles. The lowest BCUT2D eigenvalue weighted by Crippen LogP contribution is -2.31. The van der Waals surface area contributed by atoms with Crippen LogP contribution in [0.25, 0.3) is 11.1 Å². The second kappa shape index (κ2) is 6.10. The maximum absolute atomic E-state index is 11.4. The van der Waals surface area contributed by atoms with Crippen molar-refractivity contribution in [1.82, 2.24) is 0 Å². The lowest BCUT2D eigenvalue weighted by Gasteiger charge is -2.29. The maximum atomic E-state index is 11.4. The average molecular weight is 282 g/mol. The third-order valence-electron chi connectivity index (χ3n) is 4.12. The molecular formula is C18H18O3. The van der Waals surface area contributed by atoms with E-state index in [4.69, 9.17) is 4.74 Å². The Bertz CT molecular complexity index is 604. The number of rotatable bonds is 3. The Morgan fingerprint density at radius 1 is 1.00 bits per heavy atom. The molecule has 0 unspecified atom stereocenters. The molecular weight excluding hydrogens is 264 g/mol. The van der Waals surface area contributed by atoms with Gasteiger partial charge in [0, 0.05) is 12.5 Å². The van der Waals surface area contributed by atoms with Gasteiger partial charge in [-0.25, -0.2) is 0 Å². The summed E-state index contributed by atoms with van der Waals surface area (Å²) in [7, 11) is 0. The van der Waals surface area contributed by atoms with Crippen LogP contribution in [0.5, 0.6) is 0 Å². The van der Waals surface area contributed by atoms with E-state index in [-0.39, 0.29) is 11.8 Å². The monoisotopic (exact) mass is 282 g/mol. The number of aliphatic carboxylic acids is 1. The highest BCUT2D eigenvalue weighted by molar-refractivity contribution is 5.72. The normalized spacial score (nSPS) is 21.9. The quantitative estimate of drug-likeness (QED) is 0.936. The predicted molar refractivity (Wildman–Crippen MR) is 81.2 cm³/mol. The summed E-state index contributed by atoms with van der Waals surface area (Å²) in [5.74, 6) is -1.13. The predicted octanol–water partition coefficient (Wildman–Crippen LogP) is 3.56. The van der Waals surface area contributed by atoms with Gasteiger partial charge >= 0.3 is 5.97 Å². The molecule has 1 aliphatic rings. The van der Waals surface area contributed by atoms with Crippen molar-refractivity contribution in [3.63, 3.8) is 0 Å². The molecule has 1 fully saturated rings. The molecule has 108 valence electrons.